The first-order valence-corrected chi connectivity index (χ1v) is 12.2. The summed E-state index contributed by atoms with van der Waals surface area (Å²) in [5.41, 5.74) is 1.84. The summed E-state index contributed by atoms with van der Waals surface area (Å²) in [4.78, 5) is 43.4. The minimum atomic E-state index is -0.833. The molecule has 1 fully saturated rings. The fourth-order valence-electron chi connectivity index (χ4n) is 4.18. The maximum absolute atomic E-state index is 13.4. The third-order valence-electron chi connectivity index (χ3n) is 5.91. The molecule has 7 heteroatoms. The summed E-state index contributed by atoms with van der Waals surface area (Å²) in [5, 5.41) is 2.08. The summed E-state index contributed by atoms with van der Waals surface area (Å²) in [7, 11) is 0. The number of anilines is 1. The zero-order valence-electron chi connectivity index (χ0n) is 18.2. The lowest BCUT2D eigenvalue weighted by Gasteiger charge is -2.34. The second-order valence-corrected chi connectivity index (χ2v) is 9.36. The van der Waals surface area contributed by atoms with Gasteiger partial charge in [-0.25, -0.2) is 0 Å². The molecular formula is C25H29N3O3S. The molecule has 6 nitrogen and oxygen atoms in total. The molecule has 0 spiro atoms. The first kappa shape index (κ1) is 22.4. The molecule has 4 rings (SSSR count). The molecule has 2 aromatic rings. The predicted molar refractivity (Wildman–Crippen MR) is 127 cm³/mol. The zero-order valence-corrected chi connectivity index (χ0v) is 19.0. The highest BCUT2D eigenvalue weighted by Gasteiger charge is 2.40. The first-order valence-electron chi connectivity index (χ1n) is 11.3. The third kappa shape index (κ3) is 5.33. The SMILES string of the molecule is O=C(CN1C(=O)C(C(=O)N2CCCCCC2)Sc2ccccc21)NCCc1ccccc1. The number of hydrogen-bond acceptors (Lipinski definition) is 4. The van der Waals surface area contributed by atoms with Gasteiger partial charge >= 0.3 is 0 Å². The van der Waals surface area contributed by atoms with Gasteiger partial charge in [-0.15, -0.1) is 11.8 Å². The van der Waals surface area contributed by atoms with E-state index in [0.717, 1.165) is 42.6 Å². The van der Waals surface area contributed by atoms with Crippen LogP contribution in [0.2, 0.25) is 0 Å². The summed E-state index contributed by atoms with van der Waals surface area (Å²) in [6.07, 6.45) is 4.91. The molecule has 1 saturated heterocycles. The number of para-hydroxylation sites is 1. The van der Waals surface area contributed by atoms with E-state index < -0.39 is 5.25 Å². The Bertz CT molecular complexity index is 958. The predicted octanol–water partition coefficient (Wildman–Crippen LogP) is 3.26. The highest BCUT2D eigenvalue weighted by molar-refractivity contribution is 8.01. The van der Waals surface area contributed by atoms with Crippen LogP contribution in [0.3, 0.4) is 0 Å². The summed E-state index contributed by atoms with van der Waals surface area (Å²) in [6, 6.07) is 17.4. The number of carbonyl (C=O) groups excluding carboxylic acids is 3. The van der Waals surface area contributed by atoms with Crippen LogP contribution in [0.4, 0.5) is 5.69 Å². The molecule has 2 aromatic carbocycles. The van der Waals surface area contributed by atoms with Crippen LogP contribution < -0.4 is 10.2 Å². The Labute approximate surface area is 193 Å². The average Bonchev–Trinajstić information content (AvgIpc) is 3.11. The van der Waals surface area contributed by atoms with Crippen molar-refractivity contribution in [3.63, 3.8) is 0 Å². The fraction of sp³-hybridized carbons (Fsp3) is 0.400. The molecule has 0 saturated carbocycles. The first-order chi connectivity index (χ1) is 15.6. The van der Waals surface area contributed by atoms with Crippen LogP contribution in [0.1, 0.15) is 31.2 Å². The number of carbonyl (C=O) groups is 3. The quantitative estimate of drug-likeness (QED) is 0.685. The summed E-state index contributed by atoms with van der Waals surface area (Å²) >= 11 is 1.31. The molecule has 168 valence electrons. The second-order valence-electron chi connectivity index (χ2n) is 8.22. The number of likely N-dealkylation sites (tertiary alicyclic amines) is 1. The lowest BCUT2D eigenvalue weighted by molar-refractivity contribution is -0.135. The van der Waals surface area contributed by atoms with E-state index in [2.05, 4.69) is 5.32 Å². The smallest absolute Gasteiger partial charge is 0.250 e. The van der Waals surface area contributed by atoms with Crippen LogP contribution in [0.25, 0.3) is 0 Å². The molecule has 2 aliphatic rings. The van der Waals surface area contributed by atoms with Crippen LogP contribution in [0.5, 0.6) is 0 Å². The number of benzene rings is 2. The number of thioether (sulfide) groups is 1. The Hall–Kier alpha value is -2.80. The van der Waals surface area contributed by atoms with Gasteiger partial charge < -0.3 is 15.1 Å². The highest BCUT2D eigenvalue weighted by Crippen LogP contribution is 2.39. The van der Waals surface area contributed by atoms with Gasteiger partial charge in [0.15, 0.2) is 5.25 Å². The molecule has 0 bridgehead atoms. The van der Waals surface area contributed by atoms with Crippen LogP contribution in [-0.2, 0) is 20.8 Å². The van der Waals surface area contributed by atoms with Gasteiger partial charge in [0.25, 0.3) is 5.91 Å². The molecule has 32 heavy (non-hydrogen) atoms. The number of fused-ring (bicyclic) bond motifs is 1. The van der Waals surface area contributed by atoms with Crippen LogP contribution >= 0.6 is 11.8 Å². The van der Waals surface area contributed by atoms with Crippen molar-refractivity contribution >= 4 is 35.2 Å². The normalized spacial score (nSPS) is 18.6. The monoisotopic (exact) mass is 451 g/mol. The Morgan fingerprint density at radius 2 is 1.62 bits per heavy atom. The summed E-state index contributed by atoms with van der Waals surface area (Å²) in [6.45, 7) is 1.81. The van der Waals surface area contributed by atoms with E-state index in [4.69, 9.17) is 0 Å². The third-order valence-corrected chi connectivity index (χ3v) is 7.15. The van der Waals surface area contributed by atoms with E-state index in [1.165, 1.54) is 16.7 Å². The van der Waals surface area contributed by atoms with Crippen molar-refractivity contribution in [1.82, 2.24) is 10.2 Å². The van der Waals surface area contributed by atoms with Crippen LogP contribution in [0.15, 0.2) is 59.5 Å². The van der Waals surface area contributed by atoms with E-state index in [0.29, 0.717) is 25.3 Å². The topological polar surface area (TPSA) is 69.7 Å². The molecule has 2 heterocycles. The highest BCUT2D eigenvalue weighted by atomic mass is 32.2. The minimum absolute atomic E-state index is 0.0883. The van der Waals surface area contributed by atoms with Crippen molar-refractivity contribution in [3.8, 4) is 0 Å². The van der Waals surface area contributed by atoms with Crippen molar-refractivity contribution in [1.29, 1.82) is 0 Å². The van der Waals surface area contributed by atoms with Crippen LogP contribution in [-0.4, -0.2) is 54.1 Å². The van der Waals surface area contributed by atoms with E-state index in [-0.39, 0.29) is 24.3 Å². The van der Waals surface area contributed by atoms with Crippen molar-refractivity contribution in [2.24, 2.45) is 0 Å². The molecule has 0 aromatic heterocycles. The number of nitrogens with one attached hydrogen (secondary N) is 1. The van der Waals surface area contributed by atoms with Gasteiger partial charge in [-0.2, -0.15) is 0 Å². The Kier molecular flexibility index (Phi) is 7.47. The van der Waals surface area contributed by atoms with Gasteiger partial charge in [-0.1, -0.05) is 55.3 Å². The molecule has 2 aliphatic heterocycles. The lowest BCUT2D eigenvalue weighted by Crippen LogP contribution is -2.52. The van der Waals surface area contributed by atoms with Crippen molar-refractivity contribution in [2.45, 2.75) is 42.2 Å². The minimum Gasteiger partial charge on any atom is -0.354 e. The molecule has 0 radical (unpaired) electrons. The lowest BCUT2D eigenvalue weighted by atomic mass is 10.1. The molecule has 1 unspecified atom stereocenters. The fourth-order valence-corrected chi connectivity index (χ4v) is 5.37. The van der Waals surface area contributed by atoms with Gasteiger partial charge in [0.2, 0.25) is 11.8 Å². The summed E-state index contributed by atoms with van der Waals surface area (Å²) < 4.78 is 0. The number of rotatable bonds is 6. The summed E-state index contributed by atoms with van der Waals surface area (Å²) in [5.74, 6) is -0.663. The molecule has 1 N–H and O–H groups in total. The van der Waals surface area contributed by atoms with Gasteiger partial charge in [0, 0.05) is 24.5 Å². The van der Waals surface area contributed by atoms with Crippen LogP contribution in [0, 0.1) is 0 Å². The Morgan fingerprint density at radius 1 is 0.938 bits per heavy atom. The van der Waals surface area contributed by atoms with Crippen molar-refractivity contribution in [3.05, 3.63) is 60.2 Å². The number of nitrogens with zero attached hydrogens (tertiary/aromatic N) is 2. The van der Waals surface area contributed by atoms with E-state index in [1.807, 2.05) is 59.5 Å². The zero-order chi connectivity index (χ0) is 22.3. The maximum atomic E-state index is 13.4. The standard InChI is InChI=1S/C25H29N3O3S/c29-22(26-15-14-19-10-4-3-5-11-19)18-28-20-12-6-7-13-21(20)32-23(25(28)31)24(30)27-16-8-1-2-9-17-27/h3-7,10-13,23H,1-2,8-9,14-18H2,(H,26,29). The maximum Gasteiger partial charge on any atom is 0.250 e. The molecule has 1 atom stereocenters. The Morgan fingerprint density at radius 3 is 2.38 bits per heavy atom. The second kappa shape index (κ2) is 10.7. The van der Waals surface area contributed by atoms with Gasteiger partial charge in [0.05, 0.1) is 5.69 Å². The van der Waals surface area contributed by atoms with Crippen molar-refractivity contribution in [2.75, 3.05) is 31.1 Å². The van der Waals surface area contributed by atoms with Crippen molar-refractivity contribution < 1.29 is 14.4 Å². The van der Waals surface area contributed by atoms with Gasteiger partial charge in [-0.05, 0) is 37.0 Å². The van der Waals surface area contributed by atoms with E-state index in [9.17, 15) is 14.4 Å². The Balaban J connectivity index is 1.44. The number of amides is 3. The largest absolute Gasteiger partial charge is 0.354 e. The molecule has 3 amide bonds. The van der Waals surface area contributed by atoms with Gasteiger partial charge in [-0.3, -0.25) is 14.4 Å². The van der Waals surface area contributed by atoms with Gasteiger partial charge in [0.1, 0.15) is 6.54 Å². The molecular weight excluding hydrogens is 422 g/mol. The van der Waals surface area contributed by atoms with E-state index >= 15 is 0 Å². The molecule has 0 aliphatic carbocycles. The number of hydrogen-bond donors (Lipinski definition) is 1. The average molecular weight is 452 g/mol. The van der Waals surface area contributed by atoms with E-state index in [1.54, 1.807) is 0 Å².